The molecule has 2 aromatic rings. The van der Waals surface area contributed by atoms with Gasteiger partial charge in [0.05, 0.1) is 31.4 Å². The number of rotatable bonds is 9. The predicted molar refractivity (Wildman–Crippen MR) is 147 cm³/mol. The number of hydrogen-bond acceptors (Lipinski definition) is 6. The standard InChI is InChI=1S/C29H35BrN2O5/c1-19(2)18-37-23-8-9-24(20(3)16-23)27(33)25-26(21-6-4-7-22(30)17-21)32(29(35)28(25)34)11-5-10-31-12-14-36-15-13-31/h4,6-9,16-17,19,26,33H,5,10-15,18H2,1-3H3/b27-25+/t26-/m0/s1. The van der Waals surface area contributed by atoms with Crippen LogP contribution < -0.4 is 4.74 Å². The smallest absolute Gasteiger partial charge is 0.295 e. The number of carbonyl (C=O) groups excluding carboxylic acids is 2. The number of hydrogen-bond donors (Lipinski definition) is 1. The lowest BCUT2D eigenvalue weighted by Crippen LogP contribution is -2.38. The summed E-state index contributed by atoms with van der Waals surface area (Å²) in [4.78, 5) is 30.5. The van der Waals surface area contributed by atoms with Gasteiger partial charge in [-0.05, 0) is 60.7 Å². The lowest BCUT2D eigenvalue weighted by atomic mass is 9.94. The molecule has 0 unspecified atom stereocenters. The Morgan fingerprint density at radius 2 is 1.89 bits per heavy atom. The monoisotopic (exact) mass is 570 g/mol. The first-order valence-electron chi connectivity index (χ1n) is 12.8. The Labute approximate surface area is 227 Å². The molecule has 37 heavy (non-hydrogen) atoms. The van der Waals surface area contributed by atoms with Crippen LogP contribution in [-0.2, 0) is 14.3 Å². The number of morpholine rings is 1. The number of likely N-dealkylation sites (tertiary alicyclic amines) is 1. The fraction of sp³-hybridized carbons (Fsp3) is 0.448. The molecule has 198 valence electrons. The Morgan fingerprint density at radius 3 is 2.57 bits per heavy atom. The Morgan fingerprint density at radius 1 is 1.14 bits per heavy atom. The summed E-state index contributed by atoms with van der Waals surface area (Å²) in [5, 5.41) is 11.5. The van der Waals surface area contributed by atoms with Crippen LogP contribution in [0.3, 0.4) is 0 Å². The van der Waals surface area contributed by atoms with E-state index in [0.717, 1.165) is 41.7 Å². The maximum Gasteiger partial charge on any atom is 0.295 e. The van der Waals surface area contributed by atoms with E-state index in [0.29, 0.717) is 43.6 Å². The Kier molecular flexibility index (Phi) is 9.05. The number of aryl methyl sites for hydroxylation is 1. The number of carbonyl (C=O) groups is 2. The summed E-state index contributed by atoms with van der Waals surface area (Å²) in [6.07, 6.45) is 0.721. The fourth-order valence-corrected chi connectivity index (χ4v) is 5.24. The largest absolute Gasteiger partial charge is 0.507 e. The van der Waals surface area contributed by atoms with Gasteiger partial charge in [0.15, 0.2) is 0 Å². The van der Waals surface area contributed by atoms with E-state index in [4.69, 9.17) is 9.47 Å². The van der Waals surface area contributed by atoms with E-state index >= 15 is 0 Å². The number of ketones is 1. The molecule has 0 aliphatic carbocycles. The zero-order valence-electron chi connectivity index (χ0n) is 21.7. The highest BCUT2D eigenvalue weighted by Crippen LogP contribution is 2.40. The minimum absolute atomic E-state index is 0.119. The van der Waals surface area contributed by atoms with Gasteiger partial charge < -0.3 is 19.5 Å². The van der Waals surface area contributed by atoms with E-state index in [-0.39, 0.29) is 11.3 Å². The van der Waals surface area contributed by atoms with Gasteiger partial charge in [-0.15, -0.1) is 0 Å². The van der Waals surface area contributed by atoms with Crippen molar-refractivity contribution >= 4 is 33.4 Å². The third-order valence-corrected chi connectivity index (χ3v) is 7.21. The molecule has 7 nitrogen and oxygen atoms in total. The molecule has 4 rings (SSSR count). The fourth-order valence-electron chi connectivity index (χ4n) is 4.82. The molecule has 0 spiro atoms. The molecule has 0 aromatic heterocycles. The predicted octanol–water partition coefficient (Wildman–Crippen LogP) is 4.94. The number of benzene rings is 2. The summed E-state index contributed by atoms with van der Waals surface area (Å²) in [5.41, 5.74) is 2.18. The third kappa shape index (κ3) is 6.43. The van der Waals surface area contributed by atoms with E-state index in [1.807, 2.05) is 37.3 Å². The minimum Gasteiger partial charge on any atom is -0.507 e. The lowest BCUT2D eigenvalue weighted by molar-refractivity contribution is -0.140. The van der Waals surface area contributed by atoms with Crippen LogP contribution in [0.5, 0.6) is 5.75 Å². The van der Waals surface area contributed by atoms with Crippen molar-refractivity contribution in [2.75, 3.05) is 46.0 Å². The van der Waals surface area contributed by atoms with Gasteiger partial charge in [-0.2, -0.15) is 0 Å². The van der Waals surface area contributed by atoms with Crippen LogP contribution in [-0.4, -0.2) is 72.6 Å². The molecule has 1 N–H and O–H groups in total. The van der Waals surface area contributed by atoms with Crippen LogP contribution in [0.1, 0.15) is 43.0 Å². The summed E-state index contributed by atoms with van der Waals surface area (Å²) in [7, 11) is 0. The highest BCUT2D eigenvalue weighted by Gasteiger charge is 2.46. The van der Waals surface area contributed by atoms with E-state index in [2.05, 4.69) is 34.7 Å². The van der Waals surface area contributed by atoms with Crippen LogP contribution in [0.4, 0.5) is 0 Å². The van der Waals surface area contributed by atoms with E-state index < -0.39 is 17.7 Å². The second-order valence-corrected chi connectivity index (χ2v) is 11.0. The average Bonchev–Trinajstić information content (AvgIpc) is 3.13. The quantitative estimate of drug-likeness (QED) is 0.261. The van der Waals surface area contributed by atoms with Crippen molar-refractivity contribution in [2.24, 2.45) is 5.92 Å². The van der Waals surface area contributed by atoms with Gasteiger partial charge in [0, 0.05) is 36.2 Å². The first-order valence-corrected chi connectivity index (χ1v) is 13.6. The molecule has 1 atom stereocenters. The highest BCUT2D eigenvalue weighted by atomic mass is 79.9. The normalized spacial score (nSPS) is 20.1. The van der Waals surface area contributed by atoms with Crippen LogP contribution in [0.25, 0.3) is 5.76 Å². The van der Waals surface area contributed by atoms with Gasteiger partial charge in [0.25, 0.3) is 11.7 Å². The Balaban J connectivity index is 1.66. The van der Waals surface area contributed by atoms with Gasteiger partial charge >= 0.3 is 0 Å². The van der Waals surface area contributed by atoms with Gasteiger partial charge in [0.1, 0.15) is 11.5 Å². The second kappa shape index (κ2) is 12.2. The summed E-state index contributed by atoms with van der Waals surface area (Å²) in [5.74, 6) is -0.309. The first-order chi connectivity index (χ1) is 17.8. The summed E-state index contributed by atoms with van der Waals surface area (Å²) >= 11 is 3.51. The van der Waals surface area contributed by atoms with Gasteiger partial charge in [0.2, 0.25) is 0 Å². The van der Waals surface area contributed by atoms with Crippen molar-refractivity contribution in [1.82, 2.24) is 9.80 Å². The molecule has 2 saturated heterocycles. The number of Topliss-reactive ketones (excluding diaryl/α,β-unsaturated/α-hetero) is 1. The van der Waals surface area contributed by atoms with Gasteiger partial charge in [-0.1, -0.05) is 41.9 Å². The van der Waals surface area contributed by atoms with Crippen molar-refractivity contribution in [1.29, 1.82) is 0 Å². The molecule has 2 heterocycles. The van der Waals surface area contributed by atoms with Crippen LogP contribution in [0.2, 0.25) is 0 Å². The van der Waals surface area contributed by atoms with Crippen LogP contribution in [0, 0.1) is 12.8 Å². The maximum absolute atomic E-state index is 13.3. The SMILES string of the molecule is Cc1cc(OCC(C)C)ccc1/C(O)=C1\C(=O)C(=O)N(CCCN2CCOCC2)[C@H]1c1cccc(Br)c1. The minimum atomic E-state index is -0.668. The highest BCUT2D eigenvalue weighted by molar-refractivity contribution is 9.10. The van der Waals surface area contributed by atoms with E-state index in [1.54, 1.807) is 17.0 Å². The number of ether oxygens (including phenoxy) is 2. The first kappa shape index (κ1) is 27.4. The maximum atomic E-state index is 13.3. The molecular weight excluding hydrogens is 536 g/mol. The number of halogens is 1. The molecule has 2 fully saturated rings. The van der Waals surface area contributed by atoms with Crippen molar-refractivity contribution < 1.29 is 24.2 Å². The topological polar surface area (TPSA) is 79.3 Å². The Hall–Kier alpha value is -2.68. The zero-order valence-corrected chi connectivity index (χ0v) is 23.3. The number of amides is 1. The van der Waals surface area contributed by atoms with E-state index in [9.17, 15) is 14.7 Å². The lowest BCUT2D eigenvalue weighted by Gasteiger charge is -2.29. The van der Waals surface area contributed by atoms with Crippen molar-refractivity contribution in [3.8, 4) is 5.75 Å². The molecule has 1 amide bonds. The second-order valence-electron chi connectivity index (χ2n) is 10.0. The van der Waals surface area contributed by atoms with Crippen molar-refractivity contribution in [3.05, 3.63) is 69.2 Å². The molecular formula is C29H35BrN2O5. The van der Waals surface area contributed by atoms with Crippen molar-refractivity contribution in [2.45, 2.75) is 33.2 Å². The summed E-state index contributed by atoms with van der Waals surface area (Å²) in [6.45, 7) is 11.0. The summed E-state index contributed by atoms with van der Waals surface area (Å²) < 4.78 is 12.1. The number of aliphatic hydroxyl groups is 1. The van der Waals surface area contributed by atoms with Gasteiger partial charge in [-0.3, -0.25) is 14.5 Å². The Bertz CT molecular complexity index is 1170. The molecule has 0 saturated carbocycles. The van der Waals surface area contributed by atoms with Crippen LogP contribution >= 0.6 is 15.9 Å². The molecule has 0 bridgehead atoms. The number of nitrogens with zero attached hydrogens (tertiary/aromatic N) is 2. The van der Waals surface area contributed by atoms with E-state index in [1.165, 1.54) is 0 Å². The molecule has 8 heteroatoms. The summed E-state index contributed by atoms with van der Waals surface area (Å²) in [6, 6.07) is 12.3. The zero-order chi connectivity index (χ0) is 26.5. The molecule has 2 aromatic carbocycles. The number of aliphatic hydroxyl groups excluding tert-OH is 1. The molecule has 2 aliphatic rings. The molecule has 0 radical (unpaired) electrons. The van der Waals surface area contributed by atoms with Gasteiger partial charge in [-0.25, -0.2) is 0 Å². The van der Waals surface area contributed by atoms with Crippen molar-refractivity contribution in [3.63, 3.8) is 0 Å². The van der Waals surface area contributed by atoms with Crippen LogP contribution in [0.15, 0.2) is 52.5 Å². The average molecular weight is 572 g/mol. The third-order valence-electron chi connectivity index (χ3n) is 6.72. The molecule has 2 aliphatic heterocycles.